The Labute approximate surface area is 117 Å². The molecule has 0 radical (unpaired) electrons. The van der Waals surface area contributed by atoms with Crippen LogP contribution in [0.4, 0.5) is 0 Å². The summed E-state index contributed by atoms with van der Waals surface area (Å²) in [4.78, 5) is 11.3. The first-order valence-electron chi connectivity index (χ1n) is 5.63. The van der Waals surface area contributed by atoms with Crippen molar-refractivity contribution in [2.24, 2.45) is 0 Å². The molecule has 19 heavy (non-hydrogen) atoms. The van der Waals surface area contributed by atoms with Crippen LogP contribution in [0.5, 0.6) is 0 Å². The predicted octanol–water partition coefficient (Wildman–Crippen LogP) is 3.69. The van der Waals surface area contributed by atoms with Crippen LogP contribution in [0.15, 0.2) is 46.9 Å². The number of hydrogen-bond donors (Lipinski definition) is 2. The van der Waals surface area contributed by atoms with Gasteiger partial charge in [0.15, 0.2) is 0 Å². The summed E-state index contributed by atoms with van der Waals surface area (Å²) in [7, 11) is 0. The smallest absolute Gasteiger partial charge is 0.336 e. The number of aromatic nitrogens is 2. The number of rotatable bonds is 2. The summed E-state index contributed by atoms with van der Waals surface area (Å²) in [5.74, 6) is -0.955. The Hall–Kier alpha value is -2.14. The third-order valence-electron chi connectivity index (χ3n) is 2.92. The van der Waals surface area contributed by atoms with Crippen molar-refractivity contribution in [1.29, 1.82) is 0 Å². The Morgan fingerprint density at radius 3 is 2.74 bits per heavy atom. The van der Waals surface area contributed by atoms with Gasteiger partial charge < -0.3 is 5.11 Å². The average molecular weight is 317 g/mol. The number of carbonyl (C=O) groups is 1. The maximum atomic E-state index is 11.3. The highest BCUT2D eigenvalue weighted by Gasteiger charge is 2.16. The van der Waals surface area contributed by atoms with E-state index < -0.39 is 5.97 Å². The Balaban J connectivity index is 2.33. The summed E-state index contributed by atoms with van der Waals surface area (Å²) in [5, 5.41) is 17.0. The molecule has 0 aliphatic heterocycles. The number of hydrogen-bond acceptors (Lipinski definition) is 2. The fraction of sp³-hybridized carbons (Fsp3) is 0. The first-order chi connectivity index (χ1) is 9.16. The zero-order valence-corrected chi connectivity index (χ0v) is 11.3. The van der Waals surface area contributed by atoms with Gasteiger partial charge in [-0.05, 0) is 24.3 Å². The third-order valence-corrected chi connectivity index (χ3v) is 3.41. The molecule has 94 valence electrons. The lowest BCUT2D eigenvalue weighted by atomic mass is 10.0. The van der Waals surface area contributed by atoms with Crippen molar-refractivity contribution < 1.29 is 9.90 Å². The number of halogens is 1. The highest BCUT2D eigenvalue weighted by atomic mass is 79.9. The lowest BCUT2D eigenvalue weighted by Gasteiger charge is -2.01. The van der Waals surface area contributed by atoms with Crippen LogP contribution in [-0.2, 0) is 0 Å². The number of aromatic carboxylic acids is 1. The number of fused-ring (bicyclic) bond motifs is 1. The summed E-state index contributed by atoms with van der Waals surface area (Å²) < 4.78 is 0.925. The van der Waals surface area contributed by atoms with Gasteiger partial charge in [-0.1, -0.05) is 34.1 Å². The van der Waals surface area contributed by atoms with Gasteiger partial charge in [0.05, 0.1) is 11.1 Å². The monoisotopic (exact) mass is 316 g/mol. The molecular formula is C14H9BrN2O2. The van der Waals surface area contributed by atoms with E-state index in [0.29, 0.717) is 11.1 Å². The maximum Gasteiger partial charge on any atom is 0.336 e. The molecule has 3 rings (SSSR count). The second kappa shape index (κ2) is 4.51. The molecular weight excluding hydrogens is 308 g/mol. The molecule has 3 aromatic rings. The molecule has 0 fully saturated rings. The highest BCUT2D eigenvalue weighted by Crippen LogP contribution is 2.30. The fourth-order valence-corrected chi connectivity index (χ4v) is 2.49. The molecule has 0 atom stereocenters. The van der Waals surface area contributed by atoms with Gasteiger partial charge in [0.2, 0.25) is 0 Å². The van der Waals surface area contributed by atoms with E-state index in [4.69, 9.17) is 0 Å². The first-order valence-corrected chi connectivity index (χ1v) is 6.42. The zero-order valence-electron chi connectivity index (χ0n) is 9.72. The quantitative estimate of drug-likeness (QED) is 0.757. The Morgan fingerprint density at radius 2 is 2.00 bits per heavy atom. The second-order valence-electron chi connectivity index (χ2n) is 4.12. The lowest BCUT2D eigenvalue weighted by molar-refractivity contribution is 0.0699. The zero-order chi connectivity index (χ0) is 13.4. The van der Waals surface area contributed by atoms with Gasteiger partial charge in [0.1, 0.15) is 5.69 Å². The van der Waals surface area contributed by atoms with E-state index >= 15 is 0 Å². The lowest BCUT2D eigenvalue weighted by Crippen LogP contribution is -1.97. The van der Waals surface area contributed by atoms with Crippen molar-refractivity contribution >= 4 is 32.8 Å². The summed E-state index contributed by atoms with van der Waals surface area (Å²) in [6.07, 6.45) is 0. The van der Waals surface area contributed by atoms with Crippen molar-refractivity contribution in [2.45, 2.75) is 0 Å². The van der Waals surface area contributed by atoms with Crippen LogP contribution in [0.25, 0.3) is 22.2 Å². The van der Waals surface area contributed by atoms with Gasteiger partial charge in [-0.25, -0.2) is 4.79 Å². The van der Waals surface area contributed by atoms with Gasteiger partial charge in [0, 0.05) is 15.4 Å². The number of benzene rings is 2. The van der Waals surface area contributed by atoms with E-state index in [0.717, 1.165) is 15.6 Å². The van der Waals surface area contributed by atoms with Crippen molar-refractivity contribution in [3.63, 3.8) is 0 Å². The second-order valence-corrected chi connectivity index (χ2v) is 5.03. The molecule has 5 heteroatoms. The van der Waals surface area contributed by atoms with Crippen LogP contribution in [0, 0.1) is 0 Å². The van der Waals surface area contributed by atoms with Gasteiger partial charge in [-0.3, -0.25) is 5.10 Å². The standard InChI is InChI=1S/C14H9BrN2O2/c15-9-4-1-3-8(7-9)13-12-10(14(18)19)5-2-6-11(12)16-17-13/h1-7H,(H,16,17)(H,18,19). The van der Waals surface area contributed by atoms with Crippen LogP contribution < -0.4 is 0 Å². The van der Waals surface area contributed by atoms with Gasteiger partial charge in [0.25, 0.3) is 0 Å². The number of carboxylic acids is 1. The molecule has 1 aromatic heterocycles. The van der Waals surface area contributed by atoms with Crippen molar-refractivity contribution in [3.8, 4) is 11.3 Å². The minimum Gasteiger partial charge on any atom is -0.478 e. The Bertz CT molecular complexity index is 780. The normalized spacial score (nSPS) is 10.8. The number of carboxylic acid groups (broad SMARTS) is 1. The molecule has 0 bridgehead atoms. The highest BCUT2D eigenvalue weighted by molar-refractivity contribution is 9.10. The van der Waals surface area contributed by atoms with Crippen LogP contribution in [0.1, 0.15) is 10.4 Å². The molecule has 1 heterocycles. The molecule has 0 aliphatic rings. The number of nitrogens with one attached hydrogen (secondary N) is 1. The van der Waals surface area contributed by atoms with E-state index in [1.807, 2.05) is 30.3 Å². The van der Waals surface area contributed by atoms with E-state index in [-0.39, 0.29) is 5.56 Å². The summed E-state index contributed by atoms with van der Waals surface area (Å²) in [5.41, 5.74) is 2.49. The number of aromatic amines is 1. The van der Waals surface area contributed by atoms with E-state index in [2.05, 4.69) is 26.1 Å². The molecule has 2 aromatic carbocycles. The third kappa shape index (κ3) is 2.02. The largest absolute Gasteiger partial charge is 0.478 e. The van der Waals surface area contributed by atoms with Crippen molar-refractivity contribution in [3.05, 3.63) is 52.5 Å². The Morgan fingerprint density at radius 1 is 1.21 bits per heavy atom. The molecule has 0 spiro atoms. The van der Waals surface area contributed by atoms with E-state index in [1.54, 1.807) is 12.1 Å². The maximum absolute atomic E-state index is 11.3. The SMILES string of the molecule is O=C(O)c1cccc2[nH]nc(-c3cccc(Br)c3)c12. The number of nitrogens with zero attached hydrogens (tertiary/aromatic N) is 1. The van der Waals surface area contributed by atoms with Gasteiger partial charge >= 0.3 is 5.97 Å². The average Bonchev–Trinajstić information content (AvgIpc) is 2.82. The fourth-order valence-electron chi connectivity index (χ4n) is 2.10. The van der Waals surface area contributed by atoms with Crippen LogP contribution in [0.2, 0.25) is 0 Å². The Kier molecular flexibility index (Phi) is 2.83. The van der Waals surface area contributed by atoms with E-state index in [1.165, 1.54) is 0 Å². The van der Waals surface area contributed by atoms with Gasteiger partial charge in [-0.15, -0.1) is 0 Å². The molecule has 0 amide bonds. The minimum atomic E-state index is -0.955. The predicted molar refractivity (Wildman–Crippen MR) is 76.2 cm³/mol. The van der Waals surface area contributed by atoms with Crippen LogP contribution >= 0.6 is 15.9 Å². The van der Waals surface area contributed by atoms with Crippen molar-refractivity contribution in [2.75, 3.05) is 0 Å². The topological polar surface area (TPSA) is 66.0 Å². The van der Waals surface area contributed by atoms with Crippen LogP contribution in [0.3, 0.4) is 0 Å². The van der Waals surface area contributed by atoms with Gasteiger partial charge in [-0.2, -0.15) is 5.10 Å². The molecule has 2 N–H and O–H groups in total. The summed E-state index contributed by atoms with van der Waals surface area (Å²) in [6.45, 7) is 0. The molecule has 4 nitrogen and oxygen atoms in total. The summed E-state index contributed by atoms with van der Waals surface area (Å²) in [6, 6.07) is 12.7. The van der Waals surface area contributed by atoms with Crippen molar-refractivity contribution in [1.82, 2.24) is 10.2 Å². The van der Waals surface area contributed by atoms with Crippen LogP contribution in [-0.4, -0.2) is 21.3 Å². The van der Waals surface area contributed by atoms with E-state index in [9.17, 15) is 9.90 Å². The molecule has 0 unspecified atom stereocenters. The minimum absolute atomic E-state index is 0.251. The molecule has 0 saturated carbocycles. The first kappa shape index (κ1) is 11.9. The molecule has 0 saturated heterocycles. The molecule has 0 aliphatic carbocycles. The number of H-pyrrole nitrogens is 1. The summed E-state index contributed by atoms with van der Waals surface area (Å²) >= 11 is 3.40.